The third kappa shape index (κ3) is 3.11. The van der Waals surface area contributed by atoms with Crippen LogP contribution in [0.3, 0.4) is 0 Å². The molecule has 2 atom stereocenters. The molecule has 3 nitrogen and oxygen atoms in total. The topological polar surface area (TPSA) is 46.5 Å². The second-order valence-corrected chi connectivity index (χ2v) is 10.4. The molecule has 4 rings (SSSR count). The highest BCUT2D eigenvalue weighted by Crippen LogP contribution is 2.64. The van der Waals surface area contributed by atoms with Crippen molar-refractivity contribution in [3.8, 4) is 11.5 Å². The lowest BCUT2D eigenvalue weighted by molar-refractivity contribution is -0.122. The summed E-state index contributed by atoms with van der Waals surface area (Å²) in [5.41, 5.74) is 1.57. The van der Waals surface area contributed by atoms with Crippen LogP contribution in [0.15, 0.2) is 46.6 Å². The Morgan fingerprint density at radius 2 is 1.93 bits per heavy atom. The van der Waals surface area contributed by atoms with Crippen LogP contribution in [0.5, 0.6) is 11.5 Å². The monoisotopic (exact) mass is 488 g/mol. The van der Waals surface area contributed by atoms with Gasteiger partial charge in [-0.1, -0.05) is 61.3 Å². The van der Waals surface area contributed by atoms with E-state index in [1.807, 2.05) is 24.3 Å². The fraction of sp³-hybridized carbons (Fsp3) is 0.400. The largest absolute Gasteiger partial charge is 0.511 e. The van der Waals surface area contributed by atoms with Gasteiger partial charge in [0.2, 0.25) is 0 Å². The van der Waals surface area contributed by atoms with Gasteiger partial charge >= 0.3 is 0 Å². The first kappa shape index (κ1) is 21.5. The number of allylic oxidation sites excluding steroid dienone is 2. The molecule has 30 heavy (non-hydrogen) atoms. The fourth-order valence-corrected chi connectivity index (χ4v) is 5.77. The fourth-order valence-electron chi connectivity index (χ4n) is 5.06. The van der Waals surface area contributed by atoms with Crippen LogP contribution in [-0.2, 0) is 11.2 Å². The summed E-state index contributed by atoms with van der Waals surface area (Å²) >= 11 is 9.71. The SMILES string of the molecule is CCc1ccc(Oc2ccc(Br)cc2Cl)cc1C1=C(O)[C@@]2(C)CC[C@@H](C1=O)C2(C)C. The summed E-state index contributed by atoms with van der Waals surface area (Å²) in [4.78, 5) is 13.5. The summed E-state index contributed by atoms with van der Waals surface area (Å²) < 4.78 is 6.90. The van der Waals surface area contributed by atoms with Crippen molar-refractivity contribution in [3.63, 3.8) is 0 Å². The first-order valence-electron chi connectivity index (χ1n) is 10.3. The van der Waals surface area contributed by atoms with Crippen LogP contribution in [-0.4, -0.2) is 10.9 Å². The number of fused-ring (bicyclic) bond motifs is 2. The Hall–Kier alpha value is -1.78. The molecule has 0 aromatic heterocycles. The molecule has 1 fully saturated rings. The summed E-state index contributed by atoms with van der Waals surface area (Å²) in [6, 6.07) is 11.1. The van der Waals surface area contributed by atoms with Gasteiger partial charge in [-0.2, -0.15) is 0 Å². The Morgan fingerprint density at radius 3 is 2.60 bits per heavy atom. The predicted octanol–water partition coefficient (Wildman–Crippen LogP) is 7.75. The van der Waals surface area contributed by atoms with E-state index in [0.717, 1.165) is 34.9 Å². The molecular formula is C25H26BrClO3. The number of hydrogen-bond donors (Lipinski definition) is 1. The van der Waals surface area contributed by atoms with E-state index in [1.165, 1.54) is 0 Å². The molecule has 2 aliphatic carbocycles. The van der Waals surface area contributed by atoms with Gasteiger partial charge in [0.25, 0.3) is 0 Å². The Labute approximate surface area is 191 Å². The maximum Gasteiger partial charge on any atom is 0.170 e. The van der Waals surface area contributed by atoms with Crippen LogP contribution in [0.1, 0.15) is 51.7 Å². The van der Waals surface area contributed by atoms with Gasteiger partial charge in [-0.05, 0) is 66.1 Å². The summed E-state index contributed by atoms with van der Waals surface area (Å²) in [6.07, 6.45) is 2.38. The van der Waals surface area contributed by atoms with Crippen molar-refractivity contribution in [2.75, 3.05) is 0 Å². The maximum absolute atomic E-state index is 13.5. The van der Waals surface area contributed by atoms with E-state index < -0.39 is 5.41 Å². The predicted molar refractivity (Wildman–Crippen MR) is 124 cm³/mol. The number of Topliss-reactive ketones (excluding diaryl/α,β-unsaturated/α-hetero) is 1. The number of aryl methyl sites for hydroxylation is 1. The van der Waals surface area contributed by atoms with Gasteiger partial charge in [-0.25, -0.2) is 0 Å². The second kappa shape index (κ2) is 7.42. The highest BCUT2D eigenvalue weighted by molar-refractivity contribution is 9.10. The van der Waals surface area contributed by atoms with Crippen molar-refractivity contribution in [2.24, 2.45) is 16.7 Å². The van der Waals surface area contributed by atoms with Crippen molar-refractivity contribution in [3.05, 3.63) is 62.8 Å². The second-order valence-electron chi connectivity index (χ2n) is 9.08. The molecule has 0 aliphatic heterocycles. The highest BCUT2D eigenvalue weighted by Gasteiger charge is 2.61. The van der Waals surface area contributed by atoms with Gasteiger partial charge in [0.1, 0.15) is 17.3 Å². The van der Waals surface area contributed by atoms with Crippen LogP contribution < -0.4 is 4.74 Å². The number of aliphatic hydroxyl groups is 1. The zero-order valence-corrected chi connectivity index (χ0v) is 20.0. The molecule has 2 bridgehead atoms. The molecule has 2 aliphatic rings. The first-order valence-corrected chi connectivity index (χ1v) is 11.5. The molecule has 0 saturated heterocycles. The van der Waals surface area contributed by atoms with Crippen LogP contribution in [0, 0.1) is 16.7 Å². The summed E-state index contributed by atoms with van der Waals surface area (Å²) in [6.45, 7) is 8.34. The van der Waals surface area contributed by atoms with Gasteiger partial charge in [-0.3, -0.25) is 4.79 Å². The van der Waals surface area contributed by atoms with Gasteiger partial charge < -0.3 is 9.84 Å². The number of ketones is 1. The van der Waals surface area contributed by atoms with Gasteiger partial charge in [0, 0.05) is 15.8 Å². The van der Waals surface area contributed by atoms with Crippen molar-refractivity contribution in [1.29, 1.82) is 0 Å². The number of ether oxygens (including phenoxy) is 1. The molecule has 0 radical (unpaired) electrons. The molecule has 2 aromatic carbocycles. The lowest BCUT2D eigenvalue weighted by Gasteiger charge is -2.45. The van der Waals surface area contributed by atoms with Gasteiger partial charge in [0.05, 0.1) is 10.6 Å². The lowest BCUT2D eigenvalue weighted by Crippen LogP contribution is -2.43. The number of hydrogen-bond acceptors (Lipinski definition) is 3. The van der Waals surface area contributed by atoms with E-state index in [0.29, 0.717) is 22.1 Å². The molecule has 0 amide bonds. The summed E-state index contributed by atoms with van der Waals surface area (Å²) in [5, 5.41) is 11.8. The molecule has 1 N–H and O–H groups in total. The first-order chi connectivity index (χ1) is 14.1. The van der Waals surface area contributed by atoms with E-state index in [-0.39, 0.29) is 22.9 Å². The molecule has 1 saturated carbocycles. The molecule has 2 aromatic rings. The average molecular weight is 490 g/mol. The van der Waals surface area contributed by atoms with E-state index >= 15 is 0 Å². The number of benzene rings is 2. The zero-order chi connectivity index (χ0) is 21.8. The van der Waals surface area contributed by atoms with Crippen LogP contribution in [0.2, 0.25) is 5.02 Å². The number of rotatable bonds is 4. The normalized spacial score (nSPS) is 25.0. The summed E-state index contributed by atoms with van der Waals surface area (Å²) in [7, 11) is 0. The number of aliphatic hydroxyl groups excluding tert-OH is 1. The Morgan fingerprint density at radius 1 is 1.20 bits per heavy atom. The minimum absolute atomic E-state index is 0.0426. The third-order valence-corrected chi connectivity index (χ3v) is 8.19. The van der Waals surface area contributed by atoms with Crippen molar-refractivity contribution >= 4 is 38.9 Å². The minimum atomic E-state index is -0.405. The molecule has 158 valence electrons. The highest BCUT2D eigenvalue weighted by atomic mass is 79.9. The average Bonchev–Trinajstić information content (AvgIpc) is 2.87. The minimum Gasteiger partial charge on any atom is -0.511 e. The molecule has 0 heterocycles. The van der Waals surface area contributed by atoms with E-state index in [9.17, 15) is 9.90 Å². The van der Waals surface area contributed by atoms with Gasteiger partial charge in [-0.15, -0.1) is 0 Å². The lowest BCUT2D eigenvalue weighted by atomic mass is 9.58. The Kier molecular flexibility index (Phi) is 5.31. The third-order valence-electron chi connectivity index (χ3n) is 7.40. The maximum atomic E-state index is 13.5. The number of halogens is 2. The summed E-state index contributed by atoms with van der Waals surface area (Å²) in [5.74, 6) is 1.31. The standard InChI is InChI=1S/C25H26BrClO3/c1-5-14-6-8-16(30-20-9-7-15(26)12-19(20)27)13-17(14)21-22(28)18-10-11-25(4,23(21)29)24(18,2)3/h6-9,12-13,18,29H,5,10-11H2,1-4H3/t18-,25+/m0/s1. The van der Waals surface area contributed by atoms with Crippen molar-refractivity contribution in [1.82, 2.24) is 0 Å². The quantitative estimate of drug-likeness (QED) is 0.477. The van der Waals surface area contributed by atoms with Crippen LogP contribution in [0.25, 0.3) is 5.57 Å². The smallest absolute Gasteiger partial charge is 0.170 e. The molecule has 0 unspecified atom stereocenters. The van der Waals surface area contributed by atoms with Crippen molar-refractivity contribution in [2.45, 2.75) is 47.0 Å². The zero-order valence-electron chi connectivity index (χ0n) is 17.7. The van der Waals surface area contributed by atoms with Crippen LogP contribution >= 0.6 is 27.5 Å². The van der Waals surface area contributed by atoms with Gasteiger partial charge in [0.15, 0.2) is 5.78 Å². The molecular weight excluding hydrogens is 464 g/mol. The molecule has 0 spiro atoms. The Balaban J connectivity index is 1.82. The Bertz CT molecular complexity index is 1070. The molecule has 5 heteroatoms. The van der Waals surface area contributed by atoms with Crippen molar-refractivity contribution < 1.29 is 14.6 Å². The number of carbonyl (C=O) groups is 1. The number of carbonyl (C=O) groups excluding carboxylic acids is 1. The van der Waals surface area contributed by atoms with E-state index in [2.05, 4.69) is 43.6 Å². The van der Waals surface area contributed by atoms with E-state index in [1.54, 1.807) is 12.1 Å². The van der Waals surface area contributed by atoms with E-state index in [4.69, 9.17) is 16.3 Å². The van der Waals surface area contributed by atoms with Crippen LogP contribution in [0.4, 0.5) is 0 Å².